The van der Waals surface area contributed by atoms with Gasteiger partial charge in [-0.2, -0.15) is 0 Å². The molecule has 1 unspecified atom stereocenters. The van der Waals surface area contributed by atoms with E-state index in [-0.39, 0.29) is 0 Å². The summed E-state index contributed by atoms with van der Waals surface area (Å²) in [5.41, 5.74) is 1.27. The molecular formula is C17H27NO2. The fourth-order valence-electron chi connectivity index (χ4n) is 3.13. The lowest BCUT2D eigenvalue weighted by Crippen LogP contribution is -2.37. The van der Waals surface area contributed by atoms with Crippen molar-refractivity contribution in [2.45, 2.75) is 57.2 Å². The quantitative estimate of drug-likeness (QED) is 0.860. The summed E-state index contributed by atoms with van der Waals surface area (Å²) in [5, 5.41) is 3.81. The normalized spacial score (nSPS) is 24.4. The van der Waals surface area contributed by atoms with E-state index in [4.69, 9.17) is 9.47 Å². The van der Waals surface area contributed by atoms with Crippen LogP contribution >= 0.6 is 0 Å². The van der Waals surface area contributed by atoms with Crippen LogP contribution < -0.4 is 10.1 Å². The molecule has 1 saturated carbocycles. The van der Waals surface area contributed by atoms with Crippen molar-refractivity contribution in [2.24, 2.45) is 0 Å². The van der Waals surface area contributed by atoms with E-state index in [0.717, 1.165) is 25.0 Å². The second-order valence-corrected chi connectivity index (χ2v) is 5.58. The second kappa shape index (κ2) is 7.65. The molecule has 1 fully saturated rings. The van der Waals surface area contributed by atoms with Gasteiger partial charge in [0.15, 0.2) is 0 Å². The van der Waals surface area contributed by atoms with Gasteiger partial charge in [0.05, 0.1) is 13.2 Å². The maximum absolute atomic E-state index is 5.49. The van der Waals surface area contributed by atoms with Crippen LogP contribution in [0.2, 0.25) is 0 Å². The third-order valence-electron chi connectivity index (χ3n) is 4.37. The molecule has 3 nitrogen and oxygen atoms in total. The summed E-state index contributed by atoms with van der Waals surface area (Å²) in [6.07, 6.45) is 6.26. The van der Waals surface area contributed by atoms with Gasteiger partial charge < -0.3 is 14.8 Å². The van der Waals surface area contributed by atoms with Gasteiger partial charge in [-0.3, -0.25) is 0 Å². The summed E-state index contributed by atoms with van der Waals surface area (Å²) in [6, 6.07) is 9.29. The van der Waals surface area contributed by atoms with Crippen LogP contribution in [0, 0.1) is 0 Å². The van der Waals surface area contributed by atoms with Crippen molar-refractivity contribution >= 4 is 0 Å². The van der Waals surface area contributed by atoms with Crippen LogP contribution in [-0.2, 0) is 4.74 Å². The zero-order valence-corrected chi connectivity index (χ0v) is 12.9. The minimum atomic E-state index is 0.371. The van der Waals surface area contributed by atoms with Crippen molar-refractivity contribution in [3.63, 3.8) is 0 Å². The number of ether oxygens (including phenoxy) is 2. The number of para-hydroxylation sites is 1. The molecule has 0 spiro atoms. The fourth-order valence-corrected chi connectivity index (χ4v) is 3.13. The minimum Gasteiger partial charge on any atom is -0.496 e. The highest BCUT2D eigenvalue weighted by atomic mass is 16.5. The molecule has 20 heavy (non-hydrogen) atoms. The Kier molecular flexibility index (Phi) is 5.86. The summed E-state index contributed by atoms with van der Waals surface area (Å²) in [6.45, 7) is 2.23. The molecule has 0 aromatic heterocycles. The average molecular weight is 277 g/mol. The number of rotatable bonds is 6. The molecule has 1 N–H and O–H groups in total. The van der Waals surface area contributed by atoms with Crippen molar-refractivity contribution in [2.75, 3.05) is 14.2 Å². The zero-order chi connectivity index (χ0) is 14.4. The van der Waals surface area contributed by atoms with E-state index in [2.05, 4.69) is 24.4 Å². The van der Waals surface area contributed by atoms with Crippen LogP contribution in [0.25, 0.3) is 0 Å². The minimum absolute atomic E-state index is 0.371. The second-order valence-electron chi connectivity index (χ2n) is 5.58. The summed E-state index contributed by atoms with van der Waals surface area (Å²) in [7, 11) is 3.57. The third kappa shape index (κ3) is 3.74. The lowest BCUT2D eigenvalue weighted by Gasteiger charge is -2.32. The lowest BCUT2D eigenvalue weighted by atomic mass is 9.91. The van der Waals surface area contributed by atoms with Crippen LogP contribution in [0.1, 0.15) is 50.6 Å². The SMILES string of the molecule is CCC(NC1CCC(OC)CC1)c1ccccc1OC. The summed E-state index contributed by atoms with van der Waals surface area (Å²) >= 11 is 0. The van der Waals surface area contributed by atoms with E-state index >= 15 is 0 Å². The maximum atomic E-state index is 5.49. The first-order valence-electron chi connectivity index (χ1n) is 7.70. The van der Waals surface area contributed by atoms with Crippen LogP contribution in [-0.4, -0.2) is 26.4 Å². The first-order chi connectivity index (χ1) is 9.78. The molecule has 0 heterocycles. The Balaban J connectivity index is 1.99. The zero-order valence-electron chi connectivity index (χ0n) is 12.9. The molecule has 0 amide bonds. The van der Waals surface area contributed by atoms with Crippen LogP contribution in [0.4, 0.5) is 0 Å². The highest BCUT2D eigenvalue weighted by molar-refractivity contribution is 5.35. The average Bonchev–Trinajstić information content (AvgIpc) is 2.53. The van der Waals surface area contributed by atoms with Crippen LogP contribution in [0.15, 0.2) is 24.3 Å². The number of hydrogen-bond acceptors (Lipinski definition) is 3. The van der Waals surface area contributed by atoms with Gasteiger partial charge >= 0.3 is 0 Å². The summed E-state index contributed by atoms with van der Waals surface area (Å²) < 4.78 is 10.9. The van der Waals surface area contributed by atoms with Gasteiger partial charge in [0.25, 0.3) is 0 Å². The Bertz CT molecular complexity index is 400. The fraction of sp³-hybridized carbons (Fsp3) is 0.647. The standard InChI is InChI=1S/C17H27NO2/c1-4-16(15-7-5-6-8-17(15)20-3)18-13-9-11-14(19-2)12-10-13/h5-8,13-14,16,18H,4,9-12H2,1-3H3. The Morgan fingerprint density at radius 2 is 1.85 bits per heavy atom. The van der Waals surface area contributed by atoms with Crippen LogP contribution in [0.5, 0.6) is 5.75 Å². The highest BCUT2D eigenvalue weighted by Gasteiger charge is 2.24. The smallest absolute Gasteiger partial charge is 0.123 e. The number of hydrogen-bond donors (Lipinski definition) is 1. The Morgan fingerprint density at radius 1 is 1.15 bits per heavy atom. The summed E-state index contributed by atoms with van der Waals surface area (Å²) in [4.78, 5) is 0. The lowest BCUT2D eigenvalue weighted by molar-refractivity contribution is 0.0610. The first kappa shape index (κ1) is 15.3. The van der Waals surface area contributed by atoms with Crippen LogP contribution in [0.3, 0.4) is 0 Å². The van der Waals surface area contributed by atoms with Crippen molar-refractivity contribution in [3.05, 3.63) is 29.8 Å². The molecule has 0 saturated heterocycles. The Labute approximate surface area is 122 Å². The van der Waals surface area contributed by atoms with Gasteiger partial charge in [-0.25, -0.2) is 0 Å². The predicted octanol–water partition coefficient (Wildman–Crippen LogP) is 3.69. The largest absolute Gasteiger partial charge is 0.496 e. The molecule has 1 aliphatic rings. The van der Waals surface area contributed by atoms with E-state index in [1.807, 2.05) is 19.2 Å². The monoisotopic (exact) mass is 277 g/mol. The van der Waals surface area contributed by atoms with Gasteiger partial charge in [-0.15, -0.1) is 0 Å². The number of nitrogens with one attached hydrogen (secondary N) is 1. The van der Waals surface area contributed by atoms with E-state index in [1.165, 1.54) is 18.4 Å². The Morgan fingerprint density at radius 3 is 2.45 bits per heavy atom. The van der Waals surface area contributed by atoms with Gasteiger partial charge in [-0.05, 0) is 38.2 Å². The van der Waals surface area contributed by atoms with Gasteiger partial charge in [-0.1, -0.05) is 25.1 Å². The predicted molar refractivity (Wildman–Crippen MR) is 82.2 cm³/mol. The molecular weight excluding hydrogens is 250 g/mol. The van der Waals surface area contributed by atoms with E-state index in [1.54, 1.807) is 7.11 Å². The van der Waals surface area contributed by atoms with E-state index in [9.17, 15) is 0 Å². The molecule has 1 aliphatic carbocycles. The Hall–Kier alpha value is -1.06. The van der Waals surface area contributed by atoms with E-state index in [0.29, 0.717) is 18.2 Å². The molecule has 0 radical (unpaired) electrons. The van der Waals surface area contributed by atoms with Gasteiger partial charge in [0, 0.05) is 24.8 Å². The molecule has 112 valence electrons. The molecule has 0 aliphatic heterocycles. The molecule has 1 aromatic carbocycles. The van der Waals surface area contributed by atoms with Gasteiger partial charge in [0.1, 0.15) is 5.75 Å². The van der Waals surface area contributed by atoms with E-state index < -0.39 is 0 Å². The van der Waals surface area contributed by atoms with Crippen molar-refractivity contribution in [1.29, 1.82) is 0 Å². The van der Waals surface area contributed by atoms with Crippen molar-refractivity contribution in [3.8, 4) is 5.75 Å². The molecule has 3 heteroatoms. The molecule has 1 atom stereocenters. The summed E-state index contributed by atoms with van der Waals surface area (Å²) in [5.74, 6) is 0.984. The highest BCUT2D eigenvalue weighted by Crippen LogP contribution is 2.29. The van der Waals surface area contributed by atoms with Gasteiger partial charge in [0.2, 0.25) is 0 Å². The molecule has 0 bridgehead atoms. The first-order valence-corrected chi connectivity index (χ1v) is 7.70. The topological polar surface area (TPSA) is 30.5 Å². The number of benzene rings is 1. The van der Waals surface area contributed by atoms with Crippen molar-refractivity contribution in [1.82, 2.24) is 5.32 Å². The molecule has 1 aromatic rings. The molecule has 2 rings (SSSR count). The number of methoxy groups -OCH3 is 2. The maximum Gasteiger partial charge on any atom is 0.123 e. The van der Waals surface area contributed by atoms with Crippen molar-refractivity contribution < 1.29 is 9.47 Å². The third-order valence-corrected chi connectivity index (χ3v) is 4.37.